The van der Waals surface area contributed by atoms with E-state index in [-0.39, 0.29) is 29.7 Å². The van der Waals surface area contributed by atoms with Gasteiger partial charge in [0.25, 0.3) is 0 Å². The van der Waals surface area contributed by atoms with E-state index in [0.717, 1.165) is 12.1 Å². The third-order valence-electron chi connectivity index (χ3n) is 4.35. The first-order valence-electron chi connectivity index (χ1n) is 8.88. The van der Waals surface area contributed by atoms with Crippen LogP contribution < -0.4 is 8.92 Å². The molecule has 0 bridgehead atoms. The molecule has 1 aromatic carbocycles. The van der Waals surface area contributed by atoms with Crippen molar-refractivity contribution < 1.29 is 50.3 Å². The van der Waals surface area contributed by atoms with Gasteiger partial charge in [-0.25, -0.2) is 4.79 Å². The van der Waals surface area contributed by atoms with Crippen molar-refractivity contribution in [2.75, 3.05) is 0 Å². The summed E-state index contributed by atoms with van der Waals surface area (Å²) in [6.45, 7) is 5.28. The molecule has 0 saturated carbocycles. The quantitative estimate of drug-likeness (QED) is 0.393. The van der Waals surface area contributed by atoms with Crippen LogP contribution in [0.5, 0.6) is 11.5 Å². The van der Waals surface area contributed by atoms with Crippen LogP contribution in [0.25, 0.3) is 0 Å². The summed E-state index contributed by atoms with van der Waals surface area (Å²) in [5.74, 6) is -1.53. The molecular formula is C18H23F3O8S. The van der Waals surface area contributed by atoms with Gasteiger partial charge in [0.05, 0.1) is 6.61 Å². The van der Waals surface area contributed by atoms with E-state index in [1.165, 1.54) is 6.92 Å². The Bertz CT molecular complexity index is 917. The van der Waals surface area contributed by atoms with Crippen molar-refractivity contribution in [2.24, 2.45) is 0 Å². The van der Waals surface area contributed by atoms with E-state index >= 15 is 0 Å². The number of carbonyl (C=O) groups is 1. The number of fused-ring (bicyclic) bond motifs is 1. The molecule has 2 rings (SSSR count). The molecule has 0 radical (unpaired) electrons. The summed E-state index contributed by atoms with van der Waals surface area (Å²) in [6, 6.07) is 2.05. The molecular weight excluding hydrogens is 433 g/mol. The number of halogens is 3. The predicted octanol–water partition coefficient (Wildman–Crippen LogP) is 2.19. The van der Waals surface area contributed by atoms with Crippen LogP contribution in [0.15, 0.2) is 12.1 Å². The van der Waals surface area contributed by atoms with Gasteiger partial charge in [-0.3, -0.25) is 0 Å². The predicted molar refractivity (Wildman–Crippen MR) is 97.2 cm³/mol. The monoisotopic (exact) mass is 456 g/mol. The molecule has 0 amide bonds. The Morgan fingerprint density at radius 2 is 1.83 bits per heavy atom. The number of aliphatic hydroxyl groups excluding tert-OH is 1. The highest BCUT2D eigenvalue weighted by Crippen LogP contribution is 2.39. The molecule has 1 heterocycles. The molecule has 0 spiro atoms. The molecule has 0 aliphatic carbocycles. The molecule has 1 aliphatic rings. The summed E-state index contributed by atoms with van der Waals surface area (Å²) >= 11 is 0. The van der Waals surface area contributed by atoms with E-state index in [1.807, 2.05) is 0 Å². The van der Waals surface area contributed by atoms with Gasteiger partial charge in [-0.1, -0.05) is 0 Å². The van der Waals surface area contributed by atoms with Gasteiger partial charge in [0.15, 0.2) is 5.60 Å². The summed E-state index contributed by atoms with van der Waals surface area (Å²) in [7, 11) is -5.93. The van der Waals surface area contributed by atoms with Gasteiger partial charge < -0.3 is 23.9 Å². The Morgan fingerprint density at radius 1 is 1.23 bits per heavy atom. The van der Waals surface area contributed by atoms with Crippen molar-refractivity contribution in [3.05, 3.63) is 23.3 Å². The fourth-order valence-corrected chi connectivity index (χ4v) is 3.33. The Labute approximate surface area is 171 Å². The lowest BCUT2D eigenvalue weighted by molar-refractivity contribution is -0.185. The van der Waals surface area contributed by atoms with E-state index < -0.39 is 51.3 Å². The largest absolute Gasteiger partial charge is 0.534 e. The second kappa shape index (κ2) is 7.89. The number of hydrogen-bond acceptors (Lipinski definition) is 8. The van der Waals surface area contributed by atoms with Crippen molar-refractivity contribution in [2.45, 2.75) is 70.0 Å². The highest BCUT2D eigenvalue weighted by Gasteiger charge is 2.49. The zero-order chi connectivity index (χ0) is 23.1. The van der Waals surface area contributed by atoms with Crippen molar-refractivity contribution in [1.29, 1.82) is 0 Å². The lowest BCUT2D eigenvalue weighted by Gasteiger charge is -2.37. The van der Waals surface area contributed by atoms with Crippen LogP contribution in [0.3, 0.4) is 0 Å². The molecule has 12 heteroatoms. The number of carbonyl (C=O) groups excluding carboxylic acids is 1. The van der Waals surface area contributed by atoms with Crippen molar-refractivity contribution in [1.82, 2.24) is 0 Å². The Hall–Kier alpha value is -2.05. The smallest absolute Gasteiger partial charge is 0.486 e. The highest BCUT2D eigenvalue weighted by molar-refractivity contribution is 7.88. The van der Waals surface area contributed by atoms with Gasteiger partial charge >= 0.3 is 21.6 Å². The molecule has 0 fully saturated rings. The number of esters is 1. The summed E-state index contributed by atoms with van der Waals surface area (Å²) in [5, 5.41) is 20.2. The molecule has 0 unspecified atom stereocenters. The molecule has 1 aliphatic heterocycles. The molecule has 2 N–H and O–H groups in total. The molecule has 2 atom stereocenters. The molecule has 30 heavy (non-hydrogen) atoms. The second-order valence-electron chi connectivity index (χ2n) is 7.95. The summed E-state index contributed by atoms with van der Waals surface area (Å²) in [6.07, 6.45) is -0.933. The van der Waals surface area contributed by atoms with Crippen LogP contribution in [-0.4, -0.2) is 47.4 Å². The van der Waals surface area contributed by atoms with Crippen LogP contribution in [0, 0.1) is 0 Å². The second-order valence-corrected chi connectivity index (χ2v) is 9.49. The number of rotatable bonds is 5. The summed E-state index contributed by atoms with van der Waals surface area (Å²) < 4.78 is 75.3. The normalized spacial score (nSPS) is 19.3. The third-order valence-corrected chi connectivity index (χ3v) is 5.32. The molecule has 170 valence electrons. The van der Waals surface area contributed by atoms with Gasteiger partial charge in [-0.05, 0) is 52.7 Å². The average molecular weight is 456 g/mol. The number of hydrogen-bond donors (Lipinski definition) is 2. The first-order valence-corrected chi connectivity index (χ1v) is 10.3. The van der Waals surface area contributed by atoms with Gasteiger partial charge in [-0.2, -0.15) is 21.6 Å². The number of aliphatic hydroxyl groups is 2. The standard InChI is InChI=1S/C18H23F3O8S/c1-16(2,3)28-15(23)17(4,24)14-8-5-10-11(9-22)13(7-6-12(10)27-14)29-30(25,26)18(19,20)21/h6-7,14,22,24H,5,8-9H2,1-4H3/t14-,17+/m1/s1. The van der Waals surface area contributed by atoms with Crippen LogP contribution >= 0.6 is 0 Å². The van der Waals surface area contributed by atoms with Crippen LogP contribution in [0.4, 0.5) is 13.2 Å². The Balaban J connectivity index is 2.33. The van der Waals surface area contributed by atoms with Gasteiger partial charge in [0.1, 0.15) is 23.2 Å². The minimum absolute atomic E-state index is 0.0434. The van der Waals surface area contributed by atoms with Crippen molar-refractivity contribution in [3.8, 4) is 11.5 Å². The molecule has 0 aromatic heterocycles. The lowest BCUT2D eigenvalue weighted by Crippen LogP contribution is -2.53. The van der Waals surface area contributed by atoms with E-state index in [0.29, 0.717) is 0 Å². The number of alkyl halides is 3. The lowest BCUT2D eigenvalue weighted by atomic mass is 9.89. The first-order chi connectivity index (χ1) is 13.5. The van der Waals surface area contributed by atoms with Crippen LogP contribution in [0.2, 0.25) is 0 Å². The minimum atomic E-state index is -5.93. The number of benzene rings is 1. The topological polar surface area (TPSA) is 119 Å². The highest BCUT2D eigenvalue weighted by atomic mass is 32.2. The maximum Gasteiger partial charge on any atom is 0.534 e. The van der Waals surface area contributed by atoms with Crippen molar-refractivity contribution >= 4 is 16.1 Å². The van der Waals surface area contributed by atoms with Gasteiger partial charge in [-0.15, -0.1) is 0 Å². The van der Waals surface area contributed by atoms with E-state index in [4.69, 9.17) is 9.47 Å². The summed E-state index contributed by atoms with van der Waals surface area (Å²) in [5.41, 5.74) is -8.50. The van der Waals surface area contributed by atoms with E-state index in [1.54, 1.807) is 20.8 Å². The zero-order valence-electron chi connectivity index (χ0n) is 16.7. The zero-order valence-corrected chi connectivity index (χ0v) is 17.6. The minimum Gasteiger partial charge on any atom is -0.486 e. The molecule has 8 nitrogen and oxygen atoms in total. The van der Waals surface area contributed by atoms with Gasteiger partial charge in [0, 0.05) is 11.1 Å². The Kier molecular flexibility index (Phi) is 6.37. The number of ether oxygens (including phenoxy) is 2. The van der Waals surface area contributed by atoms with E-state index in [9.17, 15) is 36.6 Å². The molecule has 0 saturated heterocycles. The van der Waals surface area contributed by atoms with Gasteiger partial charge in [0.2, 0.25) is 0 Å². The maximum atomic E-state index is 12.6. The van der Waals surface area contributed by atoms with Crippen molar-refractivity contribution in [3.63, 3.8) is 0 Å². The molecule has 1 aromatic rings. The third kappa shape index (κ3) is 4.98. The fourth-order valence-electron chi connectivity index (χ4n) is 2.85. The van der Waals surface area contributed by atoms with Crippen LogP contribution in [0.1, 0.15) is 45.2 Å². The first kappa shape index (κ1) is 24.2. The maximum absolute atomic E-state index is 12.6. The Morgan fingerprint density at radius 3 is 2.33 bits per heavy atom. The van der Waals surface area contributed by atoms with E-state index in [2.05, 4.69) is 4.18 Å². The SMILES string of the molecule is CC(C)(C)OC(=O)[C@@](C)(O)[C@H]1CCc2c(ccc(OS(=O)(=O)C(F)(F)F)c2CO)O1. The summed E-state index contributed by atoms with van der Waals surface area (Å²) in [4.78, 5) is 12.3. The fraction of sp³-hybridized carbons (Fsp3) is 0.611. The average Bonchev–Trinajstić information content (AvgIpc) is 2.58. The van der Waals surface area contributed by atoms with Crippen LogP contribution in [-0.2, 0) is 32.7 Å².